The molecular formula is C12H26O2S2Si. The maximum absolute atomic E-state index is 10.7. The van der Waals surface area contributed by atoms with Crippen LogP contribution in [-0.4, -0.2) is 41.2 Å². The van der Waals surface area contributed by atoms with E-state index in [1.54, 1.807) is 0 Å². The quantitative estimate of drug-likeness (QED) is 0.634. The summed E-state index contributed by atoms with van der Waals surface area (Å²) in [5.41, 5.74) is -1.15. The van der Waals surface area contributed by atoms with Gasteiger partial charge in [-0.3, -0.25) is 0 Å². The number of thioether (sulfide) groups is 2. The van der Waals surface area contributed by atoms with Crippen LogP contribution in [-0.2, 0) is 4.43 Å². The van der Waals surface area contributed by atoms with Crippen molar-refractivity contribution in [3.63, 3.8) is 0 Å². The highest BCUT2D eigenvalue weighted by molar-refractivity contribution is 8.17. The number of aliphatic hydroxyl groups is 1. The monoisotopic (exact) mass is 294 g/mol. The Labute approximate surface area is 115 Å². The molecule has 1 N–H and O–H groups in total. The molecule has 1 aliphatic rings. The van der Waals surface area contributed by atoms with Gasteiger partial charge in [-0.05, 0) is 46.0 Å². The van der Waals surface area contributed by atoms with Gasteiger partial charge in [0.2, 0.25) is 0 Å². The summed E-state index contributed by atoms with van der Waals surface area (Å²) in [4.78, 5) is 0. The highest BCUT2D eigenvalue weighted by Crippen LogP contribution is 2.57. The van der Waals surface area contributed by atoms with E-state index in [1.807, 2.05) is 30.4 Å². The van der Waals surface area contributed by atoms with Gasteiger partial charge in [-0.15, -0.1) is 23.5 Å². The highest BCUT2D eigenvalue weighted by Gasteiger charge is 2.60. The minimum Gasteiger partial charge on any atom is -0.409 e. The zero-order chi connectivity index (χ0) is 13.5. The Balaban J connectivity index is 3.01. The van der Waals surface area contributed by atoms with Crippen LogP contribution in [0.25, 0.3) is 0 Å². The third kappa shape index (κ3) is 3.24. The molecule has 0 bridgehead atoms. The second kappa shape index (κ2) is 4.74. The molecule has 102 valence electrons. The molecule has 1 rings (SSSR count). The normalized spacial score (nSPS) is 37.4. The van der Waals surface area contributed by atoms with Gasteiger partial charge in [-0.2, -0.15) is 0 Å². The fourth-order valence-corrected chi connectivity index (χ4v) is 6.67. The zero-order valence-electron chi connectivity index (χ0n) is 12.1. The predicted octanol–water partition coefficient (Wildman–Crippen LogP) is 3.56. The molecule has 0 spiro atoms. The molecule has 0 aromatic heterocycles. The van der Waals surface area contributed by atoms with Crippen molar-refractivity contribution in [2.24, 2.45) is 0 Å². The van der Waals surface area contributed by atoms with Gasteiger partial charge in [-0.25, -0.2) is 0 Å². The van der Waals surface area contributed by atoms with E-state index in [0.29, 0.717) is 0 Å². The summed E-state index contributed by atoms with van der Waals surface area (Å²) >= 11 is 3.70. The van der Waals surface area contributed by atoms with E-state index in [2.05, 4.69) is 39.1 Å². The second-order valence-electron chi connectivity index (χ2n) is 6.39. The van der Waals surface area contributed by atoms with Crippen LogP contribution in [0.5, 0.6) is 0 Å². The van der Waals surface area contributed by atoms with E-state index in [9.17, 15) is 5.11 Å². The Morgan fingerprint density at radius 2 is 1.53 bits per heavy atom. The number of hydrogen-bond donors (Lipinski definition) is 1. The number of rotatable bonds is 4. The first-order valence-electron chi connectivity index (χ1n) is 6.02. The average molecular weight is 295 g/mol. The molecule has 0 aliphatic heterocycles. The van der Waals surface area contributed by atoms with Gasteiger partial charge >= 0.3 is 0 Å². The Bertz CT molecular complexity index is 285. The van der Waals surface area contributed by atoms with Crippen LogP contribution in [0.15, 0.2) is 0 Å². The molecule has 0 aromatic carbocycles. The molecule has 0 radical (unpaired) electrons. The van der Waals surface area contributed by atoms with Crippen molar-refractivity contribution in [3.8, 4) is 0 Å². The second-order valence-corrected chi connectivity index (χ2v) is 13.5. The van der Waals surface area contributed by atoms with Crippen LogP contribution in [0.1, 0.15) is 26.7 Å². The van der Waals surface area contributed by atoms with E-state index >= 15 is 0 Å². The Kier molecular flexibility index (Phi) is 4.43. The lowest BCUT2D eigenvalue weighted by Gasteiger charge is -2.41. The van der Waals surface area contributed by atoms with E-state index in [4.69, 9.17) is 4.43 Å². The molecule has 2 nitrogen and oxygen atoms in total. The molecule has 2 atom stereocenters. The summed E-state index contributed by atoms with van der Waals surface area (Å²) in [5.74, 6) is 0. The van der Waals surface area contributed by atoms with Crippen molar-refractivity contribution < 1.29 is 9.53 Å². The van der Waals surface area contributed by atoms with Crippen LogP contribution in [0.2, 0.25) is 19.6 Å². The van der Waals surface area contributed by atoms with E-state index in [-0.39, 0.29) is 4.08 Å². The Morgan fingerprint density at radius 1 is 1.06 bits per heavy atom. The maximum Gasteiger partial charge on any atom is 0.184 e. The fourth-order valence-electron chi connectivity index (χ4n) is 2.67. The lowest BCUT2D eigenvalue weighted by atomic mass is 9.90. The summed E-state index contributed by atoms with van der Waals surface area (Å²) in [6.45, 7) is 10.6. The fraction of sp³-hybridized carbons (Fsp3) is 1.00. The third-order valence-corrected chi connectivity index (χ3v) is 7.76. The van der Waals surface area contributed by atoms with Crippen molar-refractivity contribution in [2.75, 3.05) is 12.5 Å². The SMILES string of the molecule is CSC1(SC)C[C@@](C)(O)[C@@](C)(O[Si](C)(C)C)C1. The van der Waals surface area contributed by atoms with Crippen molar-refractivity contribution in [1.29, 1.82) is 0 Å². The van der Waals surface area contributed by atoms with Crippen LogP contribution in [0.3, 0.4) is 0 Å². The highest BCUT2D eigenvalue weighted by atomic mass is 32.2. The molecule has 1 aliphatic carbocycles. The van der Waals surface area contributed by atoms with E-state index in [1.165, 1.54) is 0 Å². The van der Waals surface area contributed by atoms with E-state index < -0.39 is 19.5 Å². The first kappa shape index (κ1) is 15.9. The van der Waals surface area contributed by atoms with Crippen molar-refractivity contribution >= 4 is 31.8 Å². The molecule has 0 heterocycles. The minimum atomic E-state index is -1.65. The Hall–Kier alpha value is 0.837. The van der Waals surface area contributed by atoms with Gasteiger partial charge in [-0.1, -0.05) is 0 Å². The van der Waals surface area contributed by atoms with Crippen LogP contribution >= 0.6 is 23.5 Å². The lowest BCUT2D eigenvalue weighted by Crippen LogP contribution is -2.52. The minimum absolute atomic E-state index is 0.0951. The summed E-state index contributed by atoms with van der Waals surface area (Å²) in [6, 6.07) is 0. The van der Waals surface area contributed by atoms with Crippen LogP contribution in [0, 0.1) is 0 Å². The van der Waals surface area contributed by atoms with Gasteiger partial charge in [0.25, 0.3) is 0 Å². The molecule has 0 unspecified atom stereocenters. The molecule has 0 aromatic rings. The van der Waals surface area contributed by atoms with Gasteiger partial charge in [0.05, 0.1) is 15.3 Å². The zero-order valence-corrected chi connectivity index (χ0v) is 14.7. The van der Waals surface area contributed by atoms with Gasteiger partial charge in [0.15, 0.2) is 8.32 Å². The summed E-state index contributed by atoms with van der Waals surface area (Å²) in [5, 5.41) is 10.7. The van der Waals surface area contributed by atoms with Crippen molar-refractivity contribution in [1.82, 2.24) is 0 Å². The van der Waals surface area contributed by atoms with Crippen LogP contribution < -0.4 is 0 Å². The molecule has 0 saturated heterocycles. The Morgan fingerprint density at radius 3 is 1.82 bits per heavy atom. The molecule has 5 heteroatoms. The smallest absolute Gasteiger partial charge is 0.184 e. The van der Waals surface area contributed by atoms with Gasteiger partial charge in [0, 0.05) is 12.8 Å². The molecular weight excluding hydrogens is 268 g/mol. The third-order valence-electron chi connectivity index (χ3n) is 3.63. The molecule has 0 amide bonds. The van der Waals surface area contributed by atoms with Crippen molar-refractivity contribution in [3.05, 3.63) is 0 Å². The topological polar surface area (TPSA) is 29.5 Å². The summed E-state index contributed by atoms with van der Waals surface area (Å²) in [6.07, 6.45) is 5.97. The maximum atomic E-state index is 10.7. The molecule has 17 heavy (non-hydrogen) atoms. The largest absolute Gasteiger partial charge is 0.409 e. The van der Waals surface area contributed by atoms with E-state index in [0.717, 1.165) is 12.8 Å². The lowest BCUT2D eigenvalue weighted by molar-refractivity contribution is -0.0955. The van der Waals surface area contributed by atoms with Gasteiger partial charge in [0.1, 0.15) is 0 Å². The van der Waals surface area contributed by atoms with Crippen LogP contribution in [0.4, 0.5) is 0 Å². The van der Waals surface area contributed by atoms with Crippen molar-refractivity contribution in [2.45, 2.75) is 61.6 Å². The standard InChI is InChI=1S/C12H26O2S2Si/c1-10(13)8-12(15-3,16-4)9-11(10,2)14-17(5,6)7/h13H,8-9H2,1-7H3/t10-,11+/m1/s1. The number of hydrogen-bond acceptors (Lipinski definition) is 4. The van der Waals surface area contributed by atoms with Gasteiger partial charge < -0.3 is 9.53 Å². The molecule has 1 fully saturated rings. The summed E-state index contributed by atoms with van der Waals surface area (Å²) in [7, 11) is -1.65. The summed E-state index contributed by atoms with van der Waals surface area (Å²) < 4.78 is 6.42. The molecule has 1 saturated carbocycles. The first-order valence-corrected chi connectivity index (χ1v) is 11.9. The predicted molar refractivity (Wildman–Crippen MR) is 82.5 cm³/mol. The average Bonchev–Trinajstić information content (AvgIpc) is 2.32. The first-order chi connectivity index (χ1) is 7.49.